The summed E-state index contributed by atoms with van der Waals surface area (Å²) in [6.45, 7) is 3.73. The molecule has 0 amide bonds. The van der Waals surface area contributed by atoms with Crippen molar-refractivity contribution in [2.24, 2.45) is 0 Å². The van der Waals surface area contributed by atoms with Gasteiger partial charge in [0, 0.05) is 17.1 Å². The molecule has 3 nitrogen and oxygen atoms in total. The predicted molar refractivity (Wildman–Crippen MR) is 79.5 cm³/mol. The molecule has 0 atom stereocenters. The van der Waals surface area contributed by atoms with Crippen molar-refractivity contribution in [1.82, 2.24) is 6.15 Å². The summed E-state index contributed by atoms with van der Waals surface area (Å²) in [5, 5.41) is 3.34. The number of allylic oxidation sites excluding steroid dienone is 1. The van der Waals surface area contributed by atoms with Gasteiger partial charge < -0.3 is 17.2 Å². The largest absolute Gasteiger partial charge is 0.398 e. The minimum atomic E-state index is 0. The van der Waals surface area contributed by atoms with Crippen LogP contribution < -0.4 is 17.2 Å². The van der Waals surface area contributed by atoms with Gasteiger partial charge in [0.25, 0.3) is 0 Å². The molecule has 0 aliphatic rings. The van der Waals surface area contributed by atoms with Gasteiger partial charge in [-0.1, -0.05) is 24.3 Å². The SMILES string of the molecule is C=CCc1cc(Nc2ccccc2)ccc1N.N. The molecule has 6 N–H and O–H groups in total. The molecule has 94 valence electrons. The molecule has 0 saturated carbocycles. The van der Waals surface area contributed by atoms with Crippen LogP contribution in [-0.4, -0.2) is 0 Å². The summed E-state index contributed by atoms with van der Waals surface area (Å²) in [7, 11) is 0. The first-order valence-corrected chi connectivity index (χ1v) is 5.61. The highest BCUT2D eigenvalue weighted by molar-refractivity contribution is 5.64. The molecule has 2 aromatic carbocycles. The summed E-state index contributed by atoms with van der Waals surface area (Å²) in [6.07, 6.45) is 2.65. The Morgan fingerprint density at radius 2 is 1.78 bits per heavy atom. The molecule has 2 aromatic rings. The highest BCUT2D eigenvalue weighted by Gasteiger charge is 2.00. The summed E-state index contributed by atoms with van der Waals surface area (Å²) in [5.74, 6) is 0. The van der Waals surface area contributed by atoms with Gasteiger partial charge in [-0.3, -0.25) is 0 Å². The number of para-hydroxylation sites is 1. The van der Waals surface area contributed by atoms with Crippen LogP contribution in [0.15, 0.2) is 61.2 Å². The minimum Gasteiger partial charge on any atom is -0.398 e. The first kappa shape index (κ1) is 13.8. The second-order valence-electron chi connectivity index (χ2n) is 3.90. The Morgan fingerprint density at radius 1 is 1.06 bits per heavy atom. The third kappa shape index (κ3) is 3.37. The van der Waals surface area contributed by atoms with Gasteiger partial charge in [-0.05, 0) is 42.3 Å². The molecule has 3 heteroatoms. The van der Waals surface area contributed by atoms with E-state index >= 15 is 0 Å². The van der Waals surface area contributed by atoms with Crippen molar-refractivity contribution in [2.45, 2.75) is 6.42 Å². The maximum Gasteiger partial charge on any atom is 0.0388 e. The lowest BCUT2D eigenvalue weighted by molar-refractivity contribution is 1.28. The van der Waals surface area contributed by atoms with Gasteiger partial charge >= 0.3 is 0 Å². The lowest BCUT2D eigenvalue weighted by Crippen LogP contribution is -1.96. The number of benzene rings is 2. The highest BCUT2D eigenvalue weighted by atomic mass is 14.9. The molecule has 0 aromatic heterocycles. The maximum absolute atomic E-state index is 5.89. The Bertz CT molecular complexity index is 506. The molecule has 0 spiro atoms. The summed E-state index contributed by atoms with van der Waals surface area (Å²) < 4.78 is 0. The van der Waals surface area contributed by atoms with Gasteiger partial charge in [0.2, 0.25) is 0 Å². The zero-order chi connectivity index (χ0) is 12.1. The van der Waals surface area contributed by atoms with Gasteiger partial charge in [-0.25, -0.2) is 0 Å². The van der Waals surface area contributed by atoms with Crippen molar-refractivity contribution in [3.05, 3.63) is 66.7 Å². The zero-order valence-corrected chi connectivity index (χ0v) is 10.4. The maximum atomic E-state index is 5.89. The van der Waals surface area contributed by atoms with Crippen LogP contribution in [0.5, 0.6) is 0 Å². The van der Waals surface area contributed by atoms with E-state index < -0.39 is 0 Å². The van der Waals surface area contributed by atoms with Gasteiger partial charge in [0.1, 0.15) is 0 Å². The number of rotatable bonds is 4. The Kier molecular flexibility index (Phi) is 4.96. The van der Waals surface area contributed by atoms with E-state index in [9.17, 15) is 0 Å². The second kappa shape index (κ2) is 6.47. The minimum absolute atomic E-state index is 0. The molecule has 0 fully saturated rings. The van der Waals surface area contributed by atoms with Crippen molar-refractivity contribution in [2.75, 3.05) is 11.1 Å². The molecule has 0 unspecified atom stereocenters. The summed E-state index contributed by atoms with van der Waals surface area (Å²) >= 11 is 0. The molecule has 0 aliphatic heterocycles. The van der Waals surface area contributed by atoms with Crippen LogP contribution in [0.3, 0.4) is 0 Å². The van der Waals surface area contributed by atoms with E-state index in [0.717, 1.165) is 29.0 Å². The van der Waals surface area contributed by atoms with Crippen molar-refractivity contribution in [3.8, 4) is 0 Å². The molecule has 2 rings (SSSR count). The number of hydrogen-bond acceptors (Lipinski definition) is 3. The van der Waals surface area contributed by atoms with Crippen LogP contribution in [0.25, 0.3) is 0 Å². The van der Waals surface area contributed by atoms with E-state index in [2.05, 4.69) is 18.0 Å². The van der Waals surface area contributed by atoms with Gasteiger partial charge in [-0.15, -0.1) is 6.58 Å². The number of anilines is 3. The summed E-state index contributed by atoms with van der Waals surface area (Å²) in [5.41, 5.74) is 9.92. The molecule has 0 saturated heterocycles. The van der Waals surface area contributed by atoms with Crippen molar-refractivity contribution >= 4 is 17.1 Å². The molecule has 18 heavy (non-hydrogen) atoms. The number of nitrogens with one attached hydrogen (secondary N) is 1. The lowest BCUT2D eigenvalue weighted by atomic mass is 10.1. The molecule has 0 bridgehead atoms. The van der Waals surface area contributed by atoms with E-state index in [1.807, 2.05) is 48.5 Å². The zero-order valence-electron chi connectivity index (χ0n) is 10.4. The van der Waals surface area contributed by atoms with Gasteiger partial charge in [-0.2, -0.15) is 0 Å². The summed E-state index contributed by atoms with van der Waals surface area (Å²) in [4.78, 5) is 0. The molecule has 0 radical (unpaired) electrons. The average Bonchev–Trinajstić information content (AvgIpc) is 2.35. The third-order valence-electron chi connectivity index (χ3n) is 2.57. The normalized spacial score (nSPS) is 9.33. The van der Waals surface area contributed by atoms with Crippen molar-refractivity contribution in [3.63, 3.8) is 0 Å². The average molecular weight is 241 g/mol. The monoisotopic (exact) mass is 241 g/mol. The molecular weight excluding hydrogens is 222 g/mol. The third-order valence-corrected chi connectivity index (χ3v) is 2.57. The van der Waals surface area contributed by atoms with E-state index in [0.29, 0.717) is 0 Å². The lowest BCUT2D eigenvalue weighted by Gasteiger charge is -2.09. The predicted octanol–water partition coefficient (Wildman–Crippen LogP) is 3.90. The number of nitrogen functional groups attached to an aromatic ring is 1. The van der Waals surface area contributed by atoms with Crippen molar-refractivity contribution in [1.29, 1.82) is 0 Å². The van der Waals surface area contributed by atoms with Crippen molar-refractivity contribution < 1.29 is 0 Å². The van der Waals surface area contributed by atoms with Crippen LogP contribution in [0.2, 0.25) is 0 Å². The standard InChI is InChI=1S/C15H16N2.H3N/c1-2-6-12-11-14(9-10-15(12)16)17-13-7-4-3-5-8-13;/h2-5,7-11,17H,1,6,16H2;1H3. The first-order valence-electron chi connectivity index (χ1n) is 5.61. The second-order valence-corrected chi connectivity index (χ2v) is 3.90. The van der Waals surface area contributed by atoms with E-state index in [1.165, 1.54) is 0 Å². The van der Waals surface area contributed by atoms with E-state index in [1.54, 1.807) is 0 Å². The van der Waals surface area contributed by atoms with Crippen LogP contribution in [-0.2, 0) is 6.42 Å². The smallest absolute Gasteiger partial charge is 0.0388 e. The molecule has 0 aliphatic carbocycles. The van der Waals surface area contributed by atoms with Crippen LogP contribution in [0.1, 0.15) is 5.56 Å². The number of hydrogen-bond donors (Lipinski definition) is 3. The fraction of sp³-hybridized carbons (Fsp3) is 0.0667. The van der Waals surface area contributed by atoms with E-state index in [-0.39, 0.29) is 6.15 Å². The molecular formula is C15H19N3. The van der Waals surface area contributed by atoms with Gasteiger partial charge in [0.15, 0.2) is 0 Å². The fourth-order valence-electron chi connectivity index (χ4n) is 1.70. The van der Waals surface area contributed by atoms with Crippen LogP contribution in [0, 0.1) is 0 Å². The van der Waals surface area contributed by atoms with Crippen LogP contribution in [0.4, 0.5) is 17.1 Å². The Hall–Kier alpha value is -2.26. The summed E-state index contributed by atoms with van der Waals surface area (Å²) in [6, 6.07) is 16.0. The Labute approximate surface area is 108 Å². The fourth-order valence-corrected chi connectivity index (χ4v) is 1.70. The number of nitrogens with two attached hydrogens (primary N) is 1. The van der Waals surface area contributed by atoms with E-state index in [4.69, 9.17) is 5.73 Å². The topological polar surface area (TPSA) is 73.0 Å². The quantitative estimate of drug-likeness (QED) is 0.561. The first-order chi connectivity index (χ1) is 8.29. The Balaban J connectivity index is 0.00000162. The van der Waals surface area contributed by atoms with Crippen LogP contribution >= 0.6 is 0 Å². The van der Waals surface area contributed by atoms with Gasteiger partial charge in [0.05, 0.1) is 0 Å². The Morgan fingerprint density at radius 3 is 2.44 bits per heavy atom. The highest BCUT2D eigenvalue weighted by Crippen LogP contribution is 2.21. The molecule has 0 heterocycles.